The van der Waals surface area contributed by atoms with Crippen molar-refractivity contribution in [2.75, 3.05) is 0 Å². The van der Waals surface area contributed by atoms with E-state index in [0.29, 0.717) is 5.69 Å². The molecule has 0 radical (unpaired) electrons. The summed E-state index contributed by atoms with van der Waals surface area (Å²) in [5.74, 6) is 0.277. The van der Waals surface area contributed by atoms with Crippen LogP contribution in [-0.4, -0.2) is 9.78 Å². The van der Waals surface area contributed by atoms with Gasteiger partial charge in [-0.25, -0.2) is 4.68 Å². The van der Waals surface area contributed by atoms with Gasteiger partial charge in [-0.15, -0.1) is 11.6 Å². The molecule has 0 N–H and O–H groups in total. The fourth-order valence-corrected chi connectivity index (χ4v) is 1.53. The Morgan fingerprint density at radius 1 is 1.29 bits per heavy atom. The van der Waals surface area contributed by atoms with Crippen molar-refractivity contribution in [2.45, 2.75) is 12.1 Å². The van der Waals surface area contributed by atoms with Gasteiger partial charge in [-0.1, -0.05) is 6.07 Å². The maximum atomic E-state index is 12.5. The third kappa shape index (κ3) is 2.61. The summed E-state index contributed by atoms with van der Waals surface area (Å²) < 4.78 is 38.9. The number of benzene rings is 1. The maximum absolute atomic E-state index is 12.5. The van der Waals surface area contributed by atoms with Crippen LogP contribution < -0.4 is 0 Å². The van der Waals surface area contributed by atoms with Gasteiger partial charge in [0, 0.05) is 11.8 Å². The summed E-state index contributed by atoms with van der Waals surface area (Å²) in [6, 6.07) is 4.97. The van der Waals surface area contributed by atoms with Crippen LogP contribution >= 0.6 is 11.6 Å². The van der Waals surface area contributed by atoms with Crippen LogP contribution in [0.15, 0.2) is 36.7 Å². The lowest BCUT2D eigenvalue weighted by Crippen LogP contribution is -2.06. The highest BCUT2D eigenvalue weighted by Crippen LogP contribution is 2.30. The fraction of sp³-hybridized carbons (Fsp3) is 0.182. The lowest BCUT2D eigenvalue weighted by Gasteiger charge is -2.08. The van der Waals surface area contributed by atoms with E-state index in [0.717, 1.165) is 17.7 Å². The molecular weight excluding hydrogens is 253 g/mol. The van der Waals surface area contributed by atoms with Crippen molar-refractivity contribution >= 4 is 11.6 Å². The number of rotatable bonds is 2. The zero-order chi connectivity index (χ0) is 12.5. The van der Waals surface area contributed by atoms with Crippen molar-refractivity contribution in [1.82, 2.24) is 9.78 Å². The van der Waals surface area contributed by atoms with Gasteiger partial charge in [0.05, 0.1) is 23.3 Å². The van der Waals surface area contributed by atoms with Crippen molar-refractivity contribution in [3.8, 4) is 5.69 Å². The summed E-state index contributed by atoms with van der Waals surface area (Å²) in [6.07, 6.45) is -1.23. The Bertz CT molecular complexity index is 519. The summed E-state index contributed by atoms with van der Waals surface area (Å²) >= 11 is 5.60. The number of alkyl halides is 4. The molecule has 0 saturated heterocycles. The predicted octanol–water partition coefficient (Wildman–Crippen LogP) is 3.63. The molecule has 0 unspecified atom stereocenters. The normalized spacial score (nSPS) is 11.8. The topological polar surface area (TPSA) is 17.8 Å². The lowest BCUT2D eigenvalue weighted by molar-refractivity contribution is -0.137. The lowest BCUT2D eigenvalue weighted by atomic mass is 10.2. The standard InChI is InChI=1S/C11H8ClF3N2/c12-5-8-6-16-17(7-8)10-3-1-2-9(4-10)11(13,14)15/h1-4,6-7H,5H2. The SMILES string of the molecule is FC(F)(F)c1cccc(-n2cc(CCl)cn2)c1. The van der Waals surface area contributed by atoms with Gasteiger partial charge in [0.15, 0.2) is 0 Å². The molecule has 0 aliphatic carbocycles. The number of hydrogen-bond donors (Lipinski definition) is 0. The summed E-state index contributed by atoms with van der Waals surface area (Å²) in [5.41, 5.74) is 0.415. The maximum Gasteiger partial charge on any atom is 0.416 e. The van der Waals surface area contributed by atoms with E-state index in [9.17, 15) is 13.2 Å². The average Bonchev–Trinajstić information content (AvgIpc) is 2.76. The molecule has 1 aromatic carbocycles. The van der Waals surface area contributed by atoms with Crippen LogP contribution in [0.1, 0.15) is 11.1 Å². The average molecular weight is 261 g/mol. The molecule has 0 fully saturated rings. The zero-order valence-corrected chi connectivity index (χ0v) is 9.33. The molecule has 2 aromatic rings. The van der Waals surface area contributed by atoms with Crippen LogP contribution in [0.25, 0.3) is 5.69 Å². The highest BCUT2D eigenvalue weighted by atomic mass is 35.5. The first kappa shape index (κ1) is 12.0. The molecule has 0 aliphatic heterocycles. The van der Waals surface area contributed by atoms with E-state index in [2.05, 4.69) is 5.10 Å². The predicted molar refractivity (Wildman–Crippen MR) is 58.1 cm³/mol. The van der Waals surface area contributed by atoms with E-state index in [1.807, 2.05) is 0 Å². The first-order chi connectivity index (χ1) is 8.00. The molecule has 6 heteroatoms. The largest absolute Gasteiger partial charge is 0.416 e. The minimum atomic E-state index is -4.35. The van der Waals surface area contributed by atoms with Gasteiger partial charge in [-0.05, 0) is 18.2 Å². The second-order valence-corrected chi connectivity index (χ2v) is 3.74. The minimum Gasteiger partial charge on any atom is -0.241 e. The molecule has 0 atom stereocenters. The van der Waals surface area contributed by atoms with Gasteiger partial charge in [0.2, 0.25) is 0 Å². The van der Waals surface area contributed by atoms with Gasteiger partial charge in [-0.3, -0.25) is 0 Å². The second kappa shape index (κ2) is 4.41. The van der Waals surface area contributed by atoms with Crippen molar-refractivity contribution < 1.29 is 13.2 Å². The van der Waals surface area contributed by atoms with Gasteiger partial charge in [0.25, 0.3) is 0 Å². The summed E-state index contributed by atoms with van der Waals surface area (Å²) in [5, 5.41) is 3.95. The van der Waals surface area contributed by atoms with Crippen LogP contribution in [0.2, 0.25) is 0 Å². The highest BCUT2D eigenvalue weighted by Gasteiger charge is 2.30. The molecule has 90 valence electrons. The van der Waals surface area contributed by atoms with E-state index < -0.39 is 11.7 Å². The van der Waals surface area contributed by atoms with Gasteiger partial charge in [-0.2, -0.15) is 18.3 Å². The molecule has 0 bridgehead atoms. The summed E-state index contributed by atoms with van der Waals surface area (Å²) in [7, 11) is 0. The van der Waals surface area contributed by atoms with Crippen LogP contribution in [0, 0.1) is 0 Å². The summed E-state index contributed by atoms with van der Waals surface area (Å²) in [6.45, 7) is 0. The minimum absolute atomic E-state index is 0.277. The molecule has 1 aromatic heterocycles. The van der Waals surface area contributed by atoms with Crippen molar-refractivity contribution in [1.29, 1.82) is 0 Å². The molecule has 0 saturated carbocycles. The van der Waals surface area contributed by atoms with Gasteiger partial charge < -0.3 is 0 Å². The quantitative estimate of drug-likeness (QED) is 0.754. The number of nitrogens with zero attached hydrogens (tertiary/aromatic N) is 2. The number of aromatic nitrogens is 2. The smallest absolute Gasteiger partial charge is 0.241 e. The highest BCUT2D eigenvalue weighted by molar-refractivity contribution is 6.17. The van der Waals surface area contributed by atoms with E-state index in [4.69, 9.17) is 11.6 Å². The van der Waals surface area contributed by atoms with E-state index >= 15 is 0 Å². The fourth-order valence-electron chi connectivity index (χ4n) is 1.40. The molecule has 1 heterocycles. The Balaban J connectivity index is 2.39. The Morgan fingerprint density at radius 2 is 2.06 bits per heavy atom. The summed E-state index contributed by atoms with van der Waals surface area (Å²) in [4.78, 5) is 0. The first-order valence-corrected chi connectivity index (χ1v) is 5.31. The Kier molecular flexibility index (Phi) is 3.11. The third-order valence-electron chi connectivity index (χ3n) is 2.23. The van der Waals surface area contributed by atoms with Crippen LogP contribution in [0.4, 0.5) is 13.2 Å². The Morgan fingerprint density at radius 3 is 2.65 bits per heavy atom. The van der Waals surface area contributed by atoms with Crippen molar-refractivity contribution in [3.63, 3.8) is 0 Å². The van der Waals surface area contributed by atoms with E-state index in [1.54, 1.807) is 12.3 Å². The molecule has 17 heavy (non-hydrogen) atoms. The number of halogens is 4. The van der Waals surface area contributed by atoms with Crippen LogP contribution in [0.3, 0.4) is 0 Å². The molecular formula is C11H8ClF3N2. The zero-order valence-electron chi connectivity index (χ0n) is 8.58. The molecule has 0 spiro atoms. The Labute approximate surface area is 101 Å². The van der Waals surface area contributed by atoms with Crippen molar-refractivity contribution in [2.24, 2.45) is 0 Å². The monoisotopic (exact) mass is 260 g/mol. The third-order valence-corrected chi connectivity index (χ3v) is 2.54. The van der Waals surface area contributed by atoms with Gasteiger partial charge >= 0.3 is 6.18 Å². The molecule has 0 aliphatic rings. The van der Waals surface area contributed by atoms with Crippen molar-refractivity contribution in [3.05, 3.63) is 47.8 Å². The molecule has 2 rings (SSSR count). The molecule has 0 amide bonds. The second-order valence-electron chi connectivity index (χ2n) is 3.47. The molecule has 2 nitrogen and oxygen atoms in total. The Hall–Kier alpha value is -1.49. The number of hydrogen-bond acceptors (Lipinski definition) is 1. The van der Waals surface area contributed by atoms with Crippen LogP contribution in [-0.2, 0) is 12.1 Å². The first-order valence-electron chi connectivity index (χ1n) is 4.78. The van der Waals surface area contributed by atoms with Gasteiger partial charge in [0.1, 0.15) is 0 Å². The van der Waals surface area contributed by atoms with E-state index in [1.165, 1.54) is 16.9 Å². The van der Waals surface area contributed by atoms with E-state index in [-0.39, 0.29) is 5.88 Å². The van der Waals surface area contributed by atoms with Crippen LogP contribution in [0.5, 0.6) is 0 Å².